The monoisotopic (exact) mass is 331 g/mol. The maximum absolute atomic E-state index is 4.99. The van der Waals surface area contributed by atoms with Crippen LogP contribution in [0.2, 0.25) is 0 Å². The van der Waals surface area contributed by atoms with Crippen LogP contribution in [0.25, 0.3) is 27.6 Å². The largest absolute Gasteiger partial charge is 0.295 e. The molecule has 3 aromatic heterocycles. The second-order valence-corrected chi connectivity index (χ2v) is 8.92. The summed E-state index contributed by atoms with van der Waals surface area (Å²) in [5.74, 6) is 0. The summed E-state index contributed by atoms with van der Waals surface area (Å²) in [5.41, 5.74) is 6.58. The number of rotatable bonds is 0. The van der Waals surface area contributed by atoms with Crippen molar-refractivity contribution >= 4 is 27.6 Å². The van der Waals surface area contributed by atoms with Crippen LogP contribution in [-0.2, 0) is 10.8 Å². The van der Waals surface area contributed by atoms with Crippen LogP contribution < -0.4 is 0 Å². The molecule has 1 aromatic carbocycles. The first-order valence-electron chi connectivity index (χ1n) is 8.88. The van der Waals surface area contributed by atoms with Crippen LogP contribution in [-0.4, -0.2) is 14.4 Å². The fourth-order valence-electron chi connectivity index (χ4n) is 3.39. The van der Waals surface area contributed by atoms with Gasteiger partial charge in [0, 0.05) is 27.6 Å². The second-order valence-electron chi connectivity index (χ2n) is 8.92. The summed E-state index contributed by atoms with van der Waals surface area (Å²) < 4.78 is 2.30. The van der Waals surface area contributed by atoms with Crippen LogP contribution in [0, 0.1) is 0 Å². The standard InChI is InChI=1S/C22H25N3/c1-21(2,3)18-12-11-14-16(23-18)13-19(22(4,5)6)25-17-10-8-7-9-15(17)24-20(14)25/h7-13H,1-6H3. The summed E-state index contributed by atoms with van der Waals surface area (Å²) in [5, 5.41) is 1.11. The molecule has 0 atom stereocenters. The van der Waals surface area contributed by atoms with Gasteiger partial charge in [0.1, 0.15) is 5.65 Å². The Labute approximate surface area is 148 Å². The number of para-hydroxylation sites is 2. The van der Waals surface area contributed by atoms with E-state index in [0.717, 1.165) is 33.3 Å². The number of hydrogen-bond donors (Lipinski definition) is 0. The molecule has 0 saturated carbocycles. The first kappa shape index (κ1) is 16.1. The topological polar surface area (TPSA) is 30.2 Å². The van der Waals surface area contributed by atoms with Crippen molar-refractivity contribution in [3.63, 3.8) is 0 Å². The van der Waals surface area contributed by atoms with E-state index in [9.17, 15) is 0 Å². The number of imidazole rings is 1. The SMILES string of the molecule is CC(C)(C)c1ccc2c(cc(C(C)(C)C)n3c4ccccc4nc23)n1. The van der Waals surface area contributed by atoms with Crippen LogP contribution in [0.1, 0.15) is 52.9 Å². The van der Waals surface area contributed by atoms with E-state index in [-0.39, 0.29) is 10.8 Å². The van der Waals surface area contributed by atoms with Crippen LogP contribution in [0.5, 0.6) is 0 Å². The van der Waals surface area contributed by atoms with E-state index in [1.54, 1.807) is 0 Å². The van der Waals surface area contributed by atoms with E-state index in [1.807, 2.05) is 6.07 Å². The third-order valence-corrected chi connectivity index (χ3v) is 4.78. The van der Waals surface area contributed by atoms with Gasteiger partial charge < -0.3 is 0 Å². The lowest BCUT2D eigenvalue weighted by Crippen LogP contribution is -2.17. The summed E-state index contributed by atoms with van der Waals surface area (Å²) in [6.45, 7) is 13.3. The van der Waals surface area contributed by atoms with E-state index < -0.39 is 0 Å². The zero-order valence-electron chi connectivity index (χ0n) is 15.9. The third kappa shape index (κ3) is 2.50. The highest BCUT2D eigenvalue weighted by molar-refractivity contribution is 5.97. The van der Waals surface area contributed by atoms with Crippen molar-refractivity contribution in [3.05, 3.63) is 53.9 Å². The van der Waals surface area contributed by atoms with Gasteiger partial charge in [0.15, 0.2) is 0 Å². The first-order chi connectivity index (χ1) is 11.7. The molecule has 0 saturated heterocycles. The Morgan fingerprint density at radius 3 is 2.16 bits per heavy atom. The van der Waals surface area contributed by atoms with Gasteiger partial charge in [-0.2, -0.15) is 0 Å². The Balaban J connectivity index is 2.21. The number of fused-ring (bicyclic) bond motifs is 5. The molecule has 25 heavy (non-hydrogen) atoms. The molecule has 0 fully saturated rings. The molecule has 0 aliphatic carbocycles. The predicted molar refractivity (Wildman–Crippen MR) is 105 cm³/mol. The zero-order chi connectivity index (χ0) is 18.0. The molecule has 0 bridgehead atoms. The smallest absolute Gasteiger partial charge is 0.147 e. The summed E-state index contributed by atoms with van der Waals surface area (Å²) in [4.78, 5) is 9.92. The molecule has 3 nitrogen and oxygen atoms in total. The average Bonchev–Trinajstić information content (AvgIpc) is 2.91. The molecule has 4 rings (SSSR count). The Bertz CT molecular complexity index is 1110. The van der Waals surface area contributed by atoms with Gasteiger partial charge in [-0.05, 0) is 30.3 Å². The molecule has 0 radical (unpaired) electrons. The van der Waals surface area contributed by atoms with Crippen LogP contribution in [0.15, 0.2) is 42.5 Å². The fourth-order valence-corrected chi connectivity index (χ4v) is 3.39. The van der Waals surface area contributed by atoms with Crippen molar-refractivity contribution in [2.45, 2.75) is 52.4 Å². The molecule has 3 heterocycles. The van der Waals surface area contributed by atoms with E-state index in [0.29, 0.717) is 0 Å². The fraction of sp³-hybridized carbons (Fsp3) is 0.364. The molecular weight excluding hydrogens is 306 g/mol. The van der Waals surface area contributed by atoms with Gasteiger partial charge in [0.2, 0.25) is 0 Å². The maximum atomic E-state index is 4.99. The molecule has 0 aliphatic rings. The Morgan fingerprint density at radius 2 is 1.48 bits per heavy atom. The molecule has 4 aromatic rings. The Kier molecular flexibility index (Phi) is 3.24. The van der Waals surface area contributed by atoms with Crippen molar-refractivity contribution in [1.82, 2.24) is 14.4 Å². The predicted octanol–water partition coefficient (Wildman–Crippen LogP) is 5.63. The maximum Gasteiger partial charge on any atom is 0.147 e. The summed E-state index contributed by atoms with van der Waals surface area (Å²) in [6, 6.07) is 14.9. The van der Waals surface area contributed by atoms with E-state index in [1.165, 1.54) is 5.69 Å². The number of aromatic nitrogens is 3. The van der Waals surface area contributed by atoms with E-state index in [2.05, 4.69) is 82.3 Å². The van der Waals surface area contributed by atoms with Gasteiger partial charge in [-0.15, -0.1) is 0 Å². The molecule has 128 valence electrons. The lowest BCUT2D eigenvalue weighted by molar-refractivity contribution is 0.562. The van der Waals surface area contributed by atoms with E-state index in [4.69, 9.17) is 9.97 Å². The quantitative estimate of drug-likeness (QED) is 0.418. The van der Waals surface area contributed by atoms with Crippen molar-refractivity contribution in [3.8, 4) is 0 Å². The first-order valence-corrected chi connectivity index (χ1v) is 8.88. The van der Waals surface area contributed by atoms with Crippen molar-refractivity contribution in [2.75, 3.05) is 0 Å². The normalized spacial score (nSPS) is 13.2. The number of nitrogens with zero attached hydrogens (tertiary/aromatic N) is 3. The van der Waals surface area contributed by atoms with Crippen LogP contribution >= 0.6 is 0 Å². The molecule has 0 unspecified atom stereocenters. The van der Waals surface area contributed by atoms with Crippen molar-refractivity contribution in [2.24, 2.45) is 0 Å². The van der Waals surface area contributed by atoms with Gasteiger partial charge in [-0.25, -0.2) is 4.98 Å². The molecule has 0 spiro atoms. The van der Waals surface area contributed by atoms with Gasteiger partial charge in [0.05, 0.1) is 16.6 Å². The number of hydrogen-bond acceptors (Lipinski definition) is 2. The zero-order valence-corrected chi connectivity index (χ0v) is 15.9. The lowest BCUT2D eigenvalue weighted by Gasteiger charge is -2.23. The minimum absolute atomic E-state index is 0.00463. The highest BCUT2D eigenvalue weighted by atomic mass is 15.0. The summed E-state index contributed by atoms with van der Waals surface area (Å²) in [7, 11) is 0. The van der Waals surface area contributed by atoms with Gasteiger partial charge >= 0.3 is 0 Å². The molecular formula is C22H25N3. The average molecular weight is 331 g/mol. The lowest BCUT2D eigenvalue weighted by atomic mass is 9.89. The minimum atomic E-state index is -0.00463. The van der Waals surface area contributed by atoms with Crippen molar-refractivity contribution < 1.29 is 0 Å². The molecule has 0 aliphatic heterocycles. The molecule has 0 amide bonds. The molecule has 0 N–H and O–H groups in total. The minimum Gasteiger partial charge on any atom is -0.295 e. The van der Waals surface area contributed by atoms with Crippen LogP contribution in [0.4, 0.5) is 0 Å². The van der Waals surface area contributed by atoms with Gasteiger partial charge in [0.25, 0.3) is 0 Å². The Morgan fingerprint density at radius 1 is 0.760 bits per heavy atom. The third-order valence-electron chi connectivity index (χ3n) is 4.78. The van der Waals surface area contributed by atoms with Gasteiger partial charge in [-0.1, -0.05) is 53.7 Å². The number of pyridine rings is 2. The highest BCUT2D eigenvalue weighted by Gasteiger charge is 2.23. The van der Waals surface area contributed by atoms with Crippen molar-refractivity contribution in [1.29, 1.82) is 0 Å². The van der Waals surface area contributed by atoms with E-state index >= 15 is 0 Å². The Hall–Kier alpha value is -2.42. The molecule has 3 heteroatoms. The van der Waals surface area contributed by atoms with Crippen LogP contribution in [0.3, 0.4) is 0 Å². The second kappa shape index (κ2) is 5.04. The summed E-state index contributed by atoms with van der Waals surface area (Å²) >= 11 is 0. The van der Waals surface area contributed by atoms with Gasteiger partial charge in [-0.3, -0.25) is 9.38 Å². The highest BCUT2D eigenvalue weighted by Crippen LogP contribution is 2.33. The summed E-state index contributed by atoms with van der Waals surface area (Å²) in [6.07, 6.45) is 0. The number of benzene rings is 1.